The summed E-state index contributed by atoms with van der Waals surface area (Å²) < 4.78 is 2.29. The van der Waals surface area contributed by atoms with Gasteiger partial charge < -0.3 is 0 Å². The second kappa shape index (κ2) is 8.20. The summed E-state index contributed by atoms with van der Waals surface area (Å²) in [4.78, 5) is 34.0. The number of ketones is 1. The summed E-state index contributed by atoms with van der Waals surface area (Å²) in [6.07, 6.45) is 3.04. The molecule has 0 fully saturated rings. The molecule has 8 heteroatoms. The summed E-state index contributed by atoms with van der Waals surface area (Å²) in [6, 6.07) is 9.55. The van der Waals surface area contributed by atoms with E-state index >= 15 is 0 Å². The van der Waals surface area contributed by atoms with E-state index in [0.29, 0.717) is 14.4 Å². The molecule has 3 aromatic heterocycles. The van der Waals surface area contributed by atoms with Crippen molar-refractivity contribution >= 4 is 62.0 Å². The predicted octanol–water partition coefficient (Wildman–Crippen LogP) is 6.24. The van der Waals surface area contributed by atoms with Crippen LogP contribution in [0.4, 0.5) is 0 Å². The lowest BCUT2D eigenvalue weighted by Gasteiger charge is -2.15. The smallest absolute Gasteiger partial charge is 0.267 e. The van der Waals surface area contributed by atoms with E-state index in [1.54, 1.807) is 28.0 Å². The number of carbonyl (C=O) groups excluding carboxylic acids is 1. The number of fused-ring (bicyclic) bond motifs is 3. The number of halogens is 1. The van der Waals surface area contributed by atoms with E-state index < -0.39 is 0 Å². The quantitative estimate of drug-likeness (QED) is 0.190. The molecule has 0 spiro atoms. The van der Waals surface area contributed by atoms with E-state index in [9.17, 15) is 9.59 Å². The van der Waals surface area contributed by atoms with Crippen molar-refractivity contribution in [1.29, 1.82) is 0 Å². The lowest BCUT2D eigenvalue weighted by molar-refractivity contribution is 0.102. The first-order valence-electron chi connectivity index (χ1n) is 9.98. The lowest BCUT2D eigenvalue weighted by atomic mass is 10.1. The maximum Gasteiger partial charge on any atom is 0.267 e. The zero-order valence-electron chi connectivity index (χ0n) is 17.0. The largest absolute Gasteiger partial charge is 0.292 e. The lowest BCUT2D eigenvalue weighted by Crippen LogP contribution is -2.23. The molecular formula is C23H19ClN2O2S3. The van der Waals surface area contributed by atoms with Crippen LogP contribution >= 0.6 is 46.0 Å². The minimum Gasteiger partial charge on any atom is -0.292 e. The van der Waals surface area contributed by atoms with Crippen molar-refractivity contribution < 1.29 is 4.79 Å². The van der Waals surface area contributed by atoms with Crippen molar-refractivity contribution in [3.8, 4) is 5.69 Å². The molecule has 4 nitrogen and oxygen atoms in total. The van der Waals surface area contributed by atoms with Crippen molar-refractivity contribution in [3.05, 3.63) is 71.5 Å². The maximum absolute atomic E-state index is 13.8. The summed E-state index contributed by atoms with van der Waals surface area (Å²) in [7, 11) is 0. The average Bonchev–Trinajstić information content (AvgIpc) is 3.44. The number of Topliss-reactive ketones (excluding diaryl/α,β-unsaturated/α-hetero) is 1. The second-order valence-corrected chi connectivity index (χ2v) is 11.4. The van der Waals surface area contributed by atoms with Gasteiger partial charge in [0.2, 0.25) is 0 Å². The number of aryl methyl sites for hydroxylation is 4. The molecule has 0 radical (unpaired) electrons. The van der Waals surface area contributed by atoms with Gasteiger partial charge in [0.25, 0.3) is 5.56 Å². The van der Waals surface area contributed by atoms with Crippen molar-refractivity contribution in [2.45, 2.75) is 38.3 Å². The summed E-state index contributed by atoms with van der Waals surface area (Å²) in [5, 5.41) is 1.31. The highest BCUT2D eigenvalue weighted by molar-refractivity contribution is 7.99. The van der Waals surface area contributed by atoms with Gasteiger partial charge in [-0.25, -0.2) is 4.98 Å². The molecule has 0 bridgehead atoms. The van der Waals surface area contributed by atoms with Crippen molar-refractivity contribution in [2.75, 3.05) is 5.75 Å². The molecule has 0 aliphatic heterocycles. The molecule has 0 N–H and O–H groups in total. The Labute approximate surface area is 196 Å². The molecule has 158 valence electrons. The molecule has 1 aliphatic rings. The highest BCUT2D eigenvalue weighted by Gasteiger charge is 2.25. The van der Waals surface area contributed by atoms with Gasteiger partial charge in [-0.3, -0.25) is 14.2 Å². The molecule has 5 rings (SSSR count). The van der Waals surface area contributed by atoms with Crippen LogP contribution < -0.4 is 5.56 Å². The number of aromatic nitrogens is 2. The molecule has 1 aromatic carbocycles. The topological polar surface area (TPSA) is 52.0 Å². The number of thioether (sulfide) groups is 1. The number of thiophene rings is 2. The van der Waals surface area contributed by atoms with Crippen LogP contribution in [0.15, 0.2) is 40.3 Å². The van der Waals surface area contributed by atoms with Gasteiger partial charge in [0.05, 0.1) is 26.0 Å². The number of rotatable bonds is 5. The fourth-order valence-corrected chi connectivity index (χ4v) is 7.22. The fourth-order valence-electron chi connectivity index (χ4n) is 3.96. The minimum absolute atomic E-state index is 0.0163. The molecule has 1 aliphatic carbocycles. The Morgan fingerprint density at radius 2 is 2.03 bits per heavy atom. The van der Waals surface area contributed by atoms with Crippen LogP contribution in [0.1, 0.15) is 37.7 Å². The van der Waals surface area contributed by atoms with E-state index in [4.69, 9.17) is 16.6 Å². The van der Waals surface area contributed by atoms with E-state index in [0.717, 1.165) is 51.9 Å². The molecule has 3 heterocycles. The van der Waals surface area contributed by atoms with Crippen LogP contribution in [0.3, 0.4) is 0 Å². The van der Waals surface area contributed by atoms with Crippen molar-refractivity contribution in [2.24, 2.45) is 0 Å². The third-order valence-corrected chi connectivity index (χ3v) is 8.89. The molecule has 0 atom stereocenters. The number of carbonyl (C=O) groups is 1. The van der Waals surface area contributed by atoms with Crippen LogP contribution in [0.5, 0.6) is 0 Å². The Morgan fingerprint density at radius 1 is 1.19 bits per heavy atom. The highest BCUT2D eigenvalue weighted by atomic mass is 35.5. The van der Waals surface area contributed by atoms with Gasteiger partial charge in [0, 0.05) is 4.88 Å². The predicted molar refractivity (Wildman–Crippen MR) is 131 cm³/mol. The van der Waals surface area contributed by atoms with Gasteiger partial charge in [0.15, 0.2) is 10.9 Å². The SMILES string of the molecule is Cc1ccc(C)c(-n2c(SCC(=O)c3ccc(Cl)s3)nc3sc4c(c3c2=O)CCC4)c1. The fraction of sp³-hybridized carbons (Fsp3) is 0.261. The maximum atomic E-state index is 13.8. The highest BCUT2D eigenvalue weighted by Crippen LogP contribution is 2.36. The Bertz CT molecular complexity index is 1400. The second-order valence-electron chi connectivity index (χ2n) is 7.68. The van der Waals surface area contributed by atoms with Crippen molar-refractivity contribution in [1.82, 2.24) is 9.55 Å². The van der Waals surface area contributed by atoms with Gasteiger partial charge >= 0.3 is 0 Å². The first-order chi connectivity index (χ1) is 14.9. The minimum atomic E-state index is -0.0350. The Balaban J connectivity index is 1.65. The first kappa shape index (κ1) is 20.9. The van der Waals surface area contributed by atoms with E-state index in [1.165, 1.54) is 28.0 Å². The van der Waals surface area contributed by atoms with Gasteiger partial charge in [-0.05, 0) is 68.0 Å². The van der Waals surface area contributed by atoms with Crippen LogP contribution in [0, 0.1) is 13.8 Å². The number of nitrogens with zero attached hydrogens (tertiary/aromatic N) is 2. The molecular weight excluding hydrogens is 468 g/mol. The van der Waals surface area contributed by atoms with Crippen LogP contribution in [-0.2, 0) is 12.8 Å². The monoisotopic (exact) mass is 486 g/mol. The Kier molecular flexibility index (Phi) is 5.54. The van der Waals surface area contributed by atoms with Gasteiger partial charge in [-0.1, -0.05) is 35.5 Å². The van der Waals surface area contributed by atoms with E-state index in [1.807, 2.05) is 32.0 Å². The normalized spacial score (nSPS) is 13.1. The van der Waals surface area contributed by atoms with Crippen LogP contribution in [0.2, 0.25) is 4.34 Å². The first-order valence-corrected chi connectivity index (χ1v) is 13.0. The standard InChI is InChI=1S/C23H19ClN2O2S3/c1-12-6-7-13(2)15(10-12)26-22(28)20-14-4-3-5-17(14)31-21(20)25-23(26)29-11-16(27)18-8-9-19(24)30-18/h6-10H,3-5,11H2,1-2H3. The number of hydrogen-bond donors (Lipinski definition) is 0. The molecule has 0 unspecified atom stereocenters. The van der Waals surface area contributed by atoms with Gasteiger partial charge in [-0.15, -0.1) is 22.7 Å². The summed E-state index contributed by atoms with van der Waals surface area (Å²) >= 11 is 10.2. The van der Waals surface area contributed by atoms with E-state index in [2.05, 4.69) is 0 Å². The summed E-state index contributed by atoms with van der Waals surface area (Å²) in [6.45, 7) is 4.01. The third kappa shape index (κ3) is 3.78. The van der Waals surface area contributed by atoms with Crippen molar-refractivity contribution in [3.63, 3.8) is 0 Å². The average molecular weight is 487 g/mol. The Hall–Kier alpha value is -1.93. The molecule has 0 saturated carbocycles. The molecule has 0 amide bonds. The zero-order valence-corrected chi connectivity index (χ0v) is 20.2. The Morgan fingerprint density at radius 3 is 2.81 bits per heavy atom. The summed E-state index contributed by atoms with van der Waals surface area (Å²) in [5.74, 6) is 0.183. The number of hydrogen-bond acceptors (Lipinski definition) is 6. The molecule has 0 saturated heterocycles. The number of benzene rings is 1. The van der Waals surface area contributed by atoms with E-state index in [-0.39, 0.29) is 17.1 Å². The third-order valence-electron chi connectivity index (χ3n) is 5.49. The van der Waals surface area contributed by atoms with Crippen LogP contribution in [-0.4, -0.2) is 21.1 Å². The molecule has 4 aromatic rings. The van der Waals surface area contributed by atoms with Gasteiger partial charge in [-0.2, -0.15) is 0 Å². The zero-order chi connectivity index (χ0) is 21.7. The van der Waals surface area contributed by atoms with Crippen LogP contribution in [0.25, 0.3) is 15.9 Å². The summed E-state index contributed by atoms with van der Waals surface area (Å²) in [5.41, 5.74) is 4.03. The van der Waals surface area contributed by atoms with Gasteiger partial charge in [0.1, 0.15) is 4.83 Å². The molecule has 31 heavy (non-hydrogen) atoms.